The summed E-state index contributed by atoms with van der Waals surface area (Å²) in [6.07, 6.45) is -3.36. The smallest absolute Gasteiger partial charge is 0.330 e. The summed E-state index contributed by atoms with van der Waals surface area (Å²) in [7, 11) is 0. The Morgan fingerprint density at radius 1 is 1.27 bits per heavy atom. The minimum Gasteiger partial charge on any atom is -0.330 e. The minimum absolute atomic E-state index is 0.0322. The predicted molar refractivity (Wildman–Crippen MR) is 96.5 cm³/mol. The van der Waals surface area contributed by atoms with E-state index in [1.807, 2.05) is 0 Å². The molecule has 2 rings (SSSR count). The van der Waals surface area contributed by atoms with Gasteiger partial charge in [0.2, 0.25) is 0 Å². The van der Waals surface area contributed by atoms with Gasteiger partial charge in [0.05, 0.1) is 33.0 Å². The summed E-state index contributed by atoms with van der Waals surface area (Å²) in [6, 6.07) is 8.62. The van der Waals surface area contributed by atoms with Crippen LogP contribution in [0.2, 0.25) is 5.02 Å². The van der Waals surface area contributed by atoms with Crippen LogP contribution in [0.1, 0.15) is 11.1 Å². The SMILES string of the molecule is O=[N+]([O-])c1ccccc1/C=N/NC(=S)Nc1cc(C(F)(F)F)ccc1Cl. The zero-order chi connectivity index (χ0) is 19.3. The lowest BCUT2D eigenvalue weighted by Crippen LogP contribution is -2.24. The Morgan fingerprint density at radius 3 is 2.62 bits per heavy atom. The zero-order valence-corrected chi connectivity index (χ0v) is 14.3. The van der Waals surface area contributed by atoms with Crippen molar-refractivity contribution < 1.29 is 18.1 Å². The predicted octanol–water partition coefficient (Wildman–Crippen LogP) is 4.59. The van der Waals surface area contributed by atoms with E-state index in [2.05, 4.69) is 15.8 Å². The molecule has 0 bridgehead atoms. The zero-order valence-electron chi connectivity index (χ0n) is 12.7. The van der Waals surface area contributed by atoms with Crippen molar-refractivity contribution in [3.8, 4) is 0 Å². The van der Waals surface area contributed by atoms with Gasteiger partial charge in [-0.25, -0.2) is 0 Å². The first kappa shape index (κ1) is 19.6. The van der Waals surface area contributed by atoms with Gasteiger partial charge in [-0.2, -0.15) is 18.3 Å². The standard InChI is InChI=1S/C15H10ClF3N4O2S/c16-11-6-5-10(15(17,18)19)7-12(11)21-14(26)22-20-8-9-3-1-2-4-13(9)23(24)25/h1-8H,(H2,21,22,26)/b20-8+. The van der Waals surface area contributed by atoms with Gasteiger partial charge in [-0.05, 0) is 36.5 Å². The number of alkyl halides is 3. The Hall–Kier alpha value is -2.72. The van der Waals surface area contributed by atoms with E-state index >= 15 is 0 Å². The third-order valence-corrected chi connectivity index (χ3v) is 3.57. The van der Waals surface area contributed by atoms with Crippen LogP contribution in [0.4, 0.5) is 24.5 Å². The highest BCUT2D eigenvalue weighted by atomic mass is 35.5. The van der Waals surface area contributed by atoms with Crippen molar-refractivity contribution in [3.05, 3.63) is 68.7 Å². The highest BCUT2D eigenvalue weighted by molar-refractivity contribution is 7.80. The Balaban J connectivity index is 2.07. The number of nitrogens with one attached hydrogen (secondary N) is 2. The van der Waals surface area contributed by atoms with Crippen LogP contribution in [-0.4, -0.2) is 16.3 Å². The molecular weight excluding hydrogens is 393 g/mol. The molecule has 0 spiro atoms. The van der Waals surface area contributed by atoms with E-state index in [-0.39, 0.29) is 27.1 Å². The van der Waals surface area contributed by atoms with E-state index in [9.17, 15) is 23.3 Å². The molecule has 2 aromatic carbocycles. The normalized spacial score (nSPS) is 11.4. The van der Waals surface area contributed by atoms with Crippen LogP contribution in [0.25, 0.3) is 0 Å². The van der Waals surface area contributed by atoms with Gasteiger partial charge in [-0.1, -0.05) is 23.7 Å². The average Bonchev–Trinajstić information content (AvgIpc) is 2.56. The molecule has 0 heterocycles. The quantitative estimate of drug-likeness (QED) is 0.338. The number of hydrogen-bond acceptors (Lipinski definition) is 4. The Bertz CT molecular complexity index is 874. The number of halogens is 4. The molecule has 11 heteroatoms. The Labute approximate surface area is 155 Å². The number of benzene rings is 2. The summed E-state index contributed by atoms with van der Waals surface area (Å²) in [5, 5.41) is 17.0. The van der Waals surface area contributed by atoms with E-state index in [0.29, 0.717) is 0 Å². The molecule has 26 heavy (non-hydrogen) atoms. The van der Waals surface area contributed by atoms with Gasteiger partial charge in [-0.3, -0.25) is 15.5 Å². The van der Waals surface area contributed by atoms with Crippen molar-refractivity contribution in [3.63, 3.8) is 0 Å². The van der Waals surface area contributed by atoms with E-state index in [1.165, 1.54) is 24.4 Å². The Morgan fingerprint density at radius 2 is 1.96 bits per heavy atom. The number of anilines is 1. The number of rotatable bonds is 4. The summed E-state index contributed by atoms with van der Waals surface area (Å²) in [6.45, 7) is 0. The number of nitro groups is 1. The van der Waals surface area contributed by atoms with Crippen molar-refractivity contribution in [2.45, 2.75) is 6.18 Å². The van der Waals surface area contributed by atoms with Crippen LogP contribution in [0, 0.1) is 10.1 Å². The molecule has 0 aliphatic rings. The highest BCUT2D eigenvalue weighted by Crippen LogP contribution is 2.33. The first-order valence-electron chi connectivity index (χ1n) is 6.88. The van der Waals surface area contributed by atoms with Crippen LogP contribution in [0.5, 0.6) is 0 Å². The number of hydrazone groups is 1. The molecule has 136 valence electrons. The first-order chi connectivity index (χ1) is 12.2. The molecule has 0 saturated heterocycles. The first-order valence-corrected chi connectivity index (χ1v) is 7.67. The van der Waals surface area contributed by atoms with Gasteiger partial charge in [0.15, 0.2) is 5.11 Å². The third kappa shape index (κ3) is 5.14. The molecule has 2 aromatic rings. The van der Waals surface area contributed by atoms with Crippen LogP contribution in [0.15, 0.2) is 47.6 Å². The van der Waals surface area contributed by atoms with Crippen LogP contribution in [0.3, 0.4) is 0 Å². The number of thiocarbonyl (C=S) groups is 1. The van der Waals surface area contributed by atoms with Crippen LogP contribution in [-0.2, 0) is 6.18 Å². The van der Waals surface area contributed by atoms with Crippen molar-refractivity contribution in [2.24, 2.45) is 5.10 Å². The molecule has 0 aromatic heterocycles. The molecule has 0 radical (unpaired) electrons. The molecule has 0 amide bonds. The Kier molecular flexibility index (Phi) is 6.11. The average molecular weight is 403 g/mol. The molecule has 0 unspecified atom stereocenters. The number of hydrogen-bond donors (Lipinski definition) is 2. The van der Waals surface area contributed by atoms with E-state index < -0.39 is 16.7 Å². The third-order valence-electron chi connectivity index (χ3n) is 3.05. The van der Waals surface area contributed by atoms with Crippen molar-refractivity contribution in [2.75, 3.05) is 5.32 Å². The van der Waals surface area contributed by atoms with Gasteiger partial charge in [0.1, 0.15) is 0 Å². The molecule has 6 nitrogen and oxygen atoms in total. The summed E-state index contributed by atoms with van der Waals surface area (Å²) in [5.41, 5.74) is 1.48. The number of para-hydroxylation sites is 1. The minimum atomic E-state index is -4.53. The number of nitro benzene ring substituents is 1. The molecule has 0 saturated carbocycles. The monoisotopic (exact) mass is 402 g/mol. The molecular formula is C15H10ClF3N4O2S. The fourth-order valence-corrected chi connectivity index (χ4v) is 2.20. The lowest BCUT2D eigenvalue weighted by molar-refractivity contribution is -0.385. The molecule has 0 aliphatic carbocycles. The highest BCUT2D eigenvalue weighted by Gasteiger charge is 2.31. The fraction of sp³-hybridized carbons (Fsp3) is 0.0667. The van der Waals surface area contributed by atoms with Crippen LogP contribution >= 0.6 is 23.8 Å². The molecule has 0 atom stereocenters. The maximum Gasteiger partial charge on any atom is 0.416 e. The lowest BCUT2D eigenvalue weighted by atomic mass is 10.2. The second-order valence-corrected chi connectivity index (χ2v) is 5.65. The molecule has 2 N–H and O–H groups in total. The molecule has 0 fully saturated rings. The van der Waals surface area contributed by atoms with Gasteiger partial charge in [-0.15, -0.1) is 0 Å². The van der Waals surface area contributed by atoms with Gasteiger partial charge in [0.25, 0.3) is 5.69 Å². The number of nitrogens with zero attached hydrogens (tertiary/aromatic N) is 2. The summed E-state index contributed by atoms with van der Waals surface area (Å²) >= 11 is 10.8. The van der Waals surface area contributed by atoms with Gasteiger partial charge < -0.3 is 5.32 Å². The summed E-state index contributed by atoms with van der Waals surface area (Å²) in [5.74, 6) is 0. The van der Waals surface area contributed by atoms with Crippen LogP contribution < -0.4 is 10.7 Å². The lowest BCUT2D eigenvalue weighted by Gasteiger charge is -2.12. The second-order valence-electron chi connectivity index (χ2n) is 4.83. The maximum absolute atomic E-state index is 12.7. The van der Waals surface area contributed by atoms with E-state index in [1.54, 1.807) is 6.07 Å². The van der Waals surface area contributed by atoms with Gasteiger partial charge in [0, 0.05) is 6.07 Å². The van der Waals surface area contributed by atoms with Crippen molar-refractivity contribution in [1.82, 2.24) is 5.43 Å². The molecule has 0 aliphatic heterocycles. The summed E-state index contributed by atoms with van der Waals surface area (Å²) < 4.78 is 38.2. The maximum atomic E-state index is 12.7. The second kappa shape index (κ2) is 8.11. The topological polar surface area (TPSA) is 79.6 Å². The van der Waals surface area contributed by atoms with E-state index in [0.717, 1.165) is 18.2 Å². The summed E-state index contributed by atoms with van der Waals surface area (Å²) in [4.78, 5) is 10.3. The van der Waals surface area contributed by atoms with Crippen molar-refractivity contribution >= 4 is 46.5 Å². The van der Waals surface area contributed by atoms with Crippen molar-refractivity contribution in [1.29, 1.82) is 0 Å². The van der Waals surface area contributed by atoms with E-state index in [4.69, 9.17) is 23.8 Å². The fourth-order valence-electron chi connectivity index (χ4n) is 1.87. The van der Waals surface area contributed by atoms with Gasteiger partial charge >= 0.3 is 6.18 Å². The largest absolute Gasteiger partial charge is 0.416 e.